The molecule has 0 saturated carbocycles. The number of furan rings is 1. The molecule has 0 bridgehead atoms. The van der Waals surface area contributed by atoms with E-state index >= 15 is 0 Å². The molecule has 3 rings (SSSR count). The van der Waals surface area contributed by atoms with Crippen molar-refractivity contribution >= 4 is 22.7 Å². The molecule has 0 amide bonds. The summed E-state index contributed by atoms with van der Waals surface area (Å²) in [6.45, 7) is 3.75. The molecule has 2 heterocycles. The van der Waals surface area contributed by atoms with Crippen LogP contribution in [0, 0.1) is 5.92 Å². The van der Waals surface area contributed by atoms with Crippen LogP contribution in [0.5, 0.6) is 0 Å². The van der Waals surface area contributed by atoms with Crippen LogP contribution >= 0.6 is 0 Å². The molecule has 1 aliphatic rings. The number of carbonyl (C=O) groups is 2. The van der Waals surface area contributed by atoms with Crippen LogP contribution in [0.15, 0.2) is 28.7 Å². The highest BCUT2D eigenvalue weighted by Crippen LogP contribution is 2.28. The van der Waals surface area contributed by atoms with Crippen LogP contribution in [0.4, 0.5) is 0 Å². The maximum Gasteiger partial charge on any atom is 0.372 e. The van der Waals surface area contributed by atoms with Gasteiger partial charge in [0.05, 0.1) is 0 Å². The number of hydrogen-bond acceptors (Lipinski definition) is 4. The third-order valence-corrected chi connectivity index (χ3v) is 4.03. The second kappa shape index (κ2) is 5.33. The number of para-hydroxylation sites is 1. The second-order valence-electron chi connectivity index (χ2n) is 5.56. The van der Waals surface area contributed by atoms with Gasteiger partial charge >= 0.3 is 5.97 Å². The van der Waals surface area contributed by atoms with Gasteiger partial charge in [0.15, 0.2) is 0 Å². The predicted molar refractivity (Wildman–Crippen MR) is 77.2 cm³/mol. The lowest BCUT2D eigenvalue weighted by Gasteiger charge is -2.29. The molecule has 1 atom stereocenters. The molecule has 1 fully saturated rings. The average molecular weight is 287 g/mol. The number of nitrogens with zero attached hydrogens (tertiary/aromatic N) is 1. The van der Waals surface area contributed by atoms with Gasteiger partial charge in [-0.3, -0.25) is 9.69 Å². The fourth-order valence-corrected chi connectivity index (χ4v) is 2.89. The smallest absolute Gasteiger partial charge is 0.372 e. The number of likely N-dealkylation sites (tertiary alicyclic amines) is 1. The van der Waals surface area contributed by atoms with Crippen LogP contribution in [0.25, 0.3) is 11.0 Å². The molecule has 0 aliphatic carbocycles. The van der Waals surface area contributed by atoms with Gasteiger partial charge in [0.25, 0.3) is 0 Å². The van der Waals surface area contributed by atoms with E-state index in [0.29, 0.717) is 37.2 Å². The highest BCUT2D eigenvalue weighted by atomic mass is 16.4. The lowest BCUT2D eigenvalue weighted by Crippen LogP contribution is -2.39. The van der Waals surface area contributed by atoms with Crippen LogP contribution in [-0.4, -0.2) is 34.8 Å². The number of benzene rings is 1. The van der Waals surface area contributed by atoms with Crippen LogP contribution in [0.2, 0.25) is 0 Å². The van der Waals surface area contributed by atoms with Crippen molar-refractivity contribution in [1.29, 1.82) is 0 Å². The van der Waals surface area contributed by atoms with E-state index < -0.39 is 5.97 Å². The highest BCUT2D eigenvalue weighted by Gasteiger charge is 2.27. The summed E-state index contributed by atoms with van der Waals surface area (Å²) < 4.78 is 5.46. The van der Waals surface area contributed by atoms with E-state index in [-0.39, 0.29) is 17.5 Å². The molecule has 1 aromatic carbocycles. The summed E-state index contributed by atoms with van der Waals surface area (Å²) in [4.78, 5) is 25.1. The minimum Gasteiger partial charge on any atom is -0.475 e. The van der Waals surface area contributed by atoms with Gasteiger partial charge in [-0.15, -0.1) is 0 Å². The molecule has 110 valence electrons. The van der Waals surface area contributed by atoms with Crippen molar-refractivity contribution in [2.45, 2.75) is 19.9 Å². The lowest BCUT2D eigenvalue weighted by atomic mass is 9.98. The highest BCUT2D eigenvalue weighted by molar-refractivity contribution is 5.95. The van der Waals surface area contributed by atoms with Crippen molar-refractivity contribution in [1.82, 2.24) is 4.90 Å². The van der Waals surface area contributed by atoms with E-state index in [1.54, 1.807) is 6.07 Å². The van der Waals surface area contributed by atoms with Crippen LogP contribution in [-0.2, 0) is 11.3 Å². The molecular formula is C16H17NO4. The van der Waals surface area contributed by atoms with Crippen LogP contribution in [0.3, 0.4) is 0 Å². The zero-order valence-electron chi connectivity index (χ0n) is 11.8. The fourth-order valence-electron chi connectivity index (χ4n) is 2.89. The molecule has 1 aliphatic heterocycles. The summed E-state index contributed by atoms with van der Waals surface area (Å²) in [5.74, 6) is -0.768. The summed E-state index contributed by atoms with van der Waals surface area (Å²) in [6.07, 6.45) is 0.527. The summed E-state index contributed by atoms with van der Waals surface area (Å²) in [6, 6.07) is 7.34. The van der Waals surface area contributed by atoms with E-state index in [2.05, 4.69) is 4.90 Å². The Morgan fingerprint density at radius 2 is 2.19 bits per heavy atom. The van der Waals surface area contributed by atoms with Gasteiger partial charge < -0.3 is 9.52 Å². The topological polar surface area (TPSA) is 70.8 Å². The Balaban J connectivity index is 1.94. The number of fused-ring (bicyclic) bond motifs is 1. The molecule has 0 radical (unpaired) electrons. The first-order valence-corrected chi connectivity index (χ1v) is 7.05. The zero-order chi connectivity index (χ0) is 15.0. The monoisotopic (exact) mass is 287 g/mol. The molecule has 5 heteroatoms. The van der Waals surface area contributed by atoms with Gasteiger partial charge in [-0.2, -0.15) is 0 Å². The molecule has 21 heavy (non-hydrogen) atoms. The number of rotatable bonds is 3. The lowest BCUT2D eigenvalue weighted by molar-refractivity contribution is -0.125. The maximum absolute atomic E-state index is 11.6. The number of carboxylic acid groups (broad SMARTS) is 1. The van der Waals surface area contributed by atoms with Crippen molar-refractivity contribution in [3.63, 3.8) is 0 Å². The van der Waals surface area contributed by atoms with Crippen molar-refractivity contribution in [3.05, 3.63) is 35.6 Å². The first kappa shape index (κ1) is 13.8. The molecule has 1 aromatic heterocycles. The number of carboxylic acids is 1. The number of hydrogen-bond donors (Lipinski definition) is 1. The van der Waals surface area contributed by atoms with Gasteiger partial charge in [-0.05, 0) is 6.07 Å². The molecule has 0 spiro atoms. The van der Waals surface area contributed by atoms with Crippen molar-refractivity contribution < 1.29 is 19.1 Å². The number of ketones is 1. The Morgan fingerprint density at radius 1 is 1.43 bits per heavy atom. The van der Waals surface area contributed by atoms with Crippen molar-refractivity contribution in [3.8, 4) is 0 Å². The second-order valence-corrected chi connectivity index (χ2v) is 5.56. The Bertz CT molecular complexity index is 703. The quantitative estimate of drug-likeness (QED) is 0.939. The fraction of sp³-hybridized carbons (Fsp3) is 0.375. The third-order valence-electron chi connectivity index (χ3n) is 4.03. The maximum atomic E-state index is 11.6. The minimum atomic E-state index is -1.05. The van der Waals surface area contributed by atoms with E-state index in [4.69, 9.17) is 4.42 Å². The molecule has 1 N–H and O–H groups in total. The van der Waals surface area contributed by atoms with Crippen LogP contribution in [0.1, 0.15) is 29.5 Å². The van der Waals surface area contributed by atoms with Gasteiger partial charge in [0, 0.05) is 42.9 Å². The van der Waals surface area contributed by atoms with Gasteiger partial charge in [-0.1, -0.05) is 25.1 Å². The van der Waals surface area contributed by atoms with E-state index in [1.165, 1.54) is 0 Å². The summed E-state index contributed by atoms with van der Waals surface area (Å²) in [5, 5.41) is 10.2. The normalized spacial score (nSPS) is 20.0. The number of piperidine rings is 1. The Morgan fingerprint density at radius 3 is 2.90 bits per heavy atom. The number of aromatic carboxylic acids is 1. The minimum absolute atomic E-state index is 0.000697. The zero-order valence-corrected chi connectivity index (χ0v) is 11.8. The molecule has 1 saturated heterocycles. The Labute approximate surface area is 122 Å². The Kier molecular flexibility index (Phi) is 3.51. The van der Waals surface area contributed by atoms with Crippen molar-refractivity contribution in [2.24, 2.45) is 5.92 Å². The standard InChI is InChI=1S/C16H17NO4/c1-10-8-17(7-6-13(10)18)9-12-11-4-2-3-5-14(11)21-15(12)16(19)20/h2-5,10H,6-9H2,1H3,(H,19,20). The van der Waals surface area contributed by atoms with Gasteiger partial charge in [0.1, 0.15) is 11.4 Å². The van der Waals surface area contributed by atoms with E-state index in [9.17, 15) is 14.7 Å². The number of Topliss-reactive ketones (excluding diaryl/α,β-unsaturated/α-hetero) is 1. The molecule has 5 nitrogen and oxygen atoms in total. The first-order valence-electron chi connectivity index (χ1n) is 7.05. The van der Waals surface area contributed by atoms with Gasteiger partial charge in [0.2, 0.25) is 5.76 Å². The first-order chi connectivity index (χ1) is 10.1. The molecular weight excluding hydrogens is 270 g/mol. The Hall–Kier alpha value is -2.14. The third kappa shape index (κ3) is 2.56. The SMILES string of the molecule is CC1CN(Cc2c(C(=O)O)oc3ccccc23)CCC1=O. The van der Waals surface area contributed by atoms with Crippen molar-refractivity contribution in [2.75, 3.05) is 13.1 Å². The van der Waals surface area contributed by atoms with Crippen LogP contribution < -0.4 is 0 Å². The van der Waals surface area contributed by atoms with E-state index in [0.717, 1.165) is 5.39 Å². The predicted octanol–water partition coefficient (Wildman–Crippen LogP) is 2.54. The average Bonchev–Trinajstić information content (AvgIpc) is 2.82. The summed E-state index contributed by atoms with van der Waals surface area (Å²) >= 11 is 0. The number of carbonyl (C=O) groups excluding carboxylic acids is 1. The largest absolute Gasteiger partial charge is 0.475 e. The summed E-state index contributed by atoms with van der Waals surface area (Å²) in [7, 11) is 0. The van der Waals surface area contributed by atoms with Gasteiger partial charge in [-0.25, -0.2) is 4.79 Å². The summed E-state index contributed by atoms with van der Waals surface area (Å²) in [5.41, 5.74) is 1.28. The van der Waals surface area contributed by atoms with E-state index in [1.807, 2.05) is 25.1 Å². The molecule has 1 unspecified atom stereocenters. The molecule has 2 aromatic rings.